The fraction of sp³-hybridized carbons (Fsp3) is 0.333. The maximum atomic E-state index is 4.45. The van der Waals surface area contributed by atoms with E-state index in [4.69, 9.17) is 0 Å². The number of fused-ring (bicyclic) bond motifs is 2. The molecule has 0 aliphatic carbocycles. The van der Waals surface area contributed by atoms with E-state index in [1.807, 2.05) is 6.92 Å². The minimum Gasteiger partial charge on any atom is -0.347 e. The van der Waals surface area contributed by atoms with E-state index in [2.05, 4.69) is 41.1 Å². The van der Waals surface area contributed by atoms with Gasteiger partial charge in [0.1, 0.15) is 22.8 Å². The van der Waals surface area contributed by atoms with Gasteiger partial charge in [-0.05, 0) is 18.4 Å². The van der Waals surface area contributed by atoms with Gasteiger partial charge in [-0.3, -0.25) is 0 Å². The van der Waals surface area contributed by atoms with Gasteiger partial charge in [-0.1, -0.05) is 0 Å². The maximum absolute atomic E-state index is 4.45. The zero-order chi connectivity index (χ0) is 12.8. The summed E-state index contributed by atoms with van der Waals surface area (Å²) >= 11 is 1.64. The molecule has 4 rings (SSSR count). The number of hydrogen-bond donors (Lipinski definition) is 0. The lowest BCUT2D eigenvalue weighted by atomic mass is 10.3. The molecule has 1 aliphatic heterocycles. The summed E-state index contributed by atoms with van der Waals surface area (Å²) in [5.41, 5.74) is 0. The van der Waals surface area contributed by atoms with Gasteiger partial charge in [-0.2, -0.15) is 0 Å². The second kappa shape index (κ2) is 3.99. The van der Waals surface area contributed by atoms with E-state index in [1.54, 1.807) is 17.7 Å². The first-order valence-electron chi connectivity index (χ1n) is 6.15. The molecule has 3 aromatic rings. The van der Waals surface area contributed by atoms with Crippen molar-refractivity contribution in [3.05, 3.63) is 29.4 Å². The summed E-state index contributed by atoms with van der Waals surface area (Å²) in [6.45, 7) is 4.58. The van der Waals surface area contributed by atoms with Crippen LogP contribution in [0.5, 0.6) is 0 Å². The van der Waals surface area contributed by atoms with E-state index < -0.39 is 0 Å². The Hall–Kier alpha value is -2.02. The van der Waals surface area contributed by atoms with Gasteiger partial charge in [0.15, 0.2) is 5.82 Å². The molecular formula is C12H12N6S. The molecule has 0 saturated carbocycles. The van der Waals surface area contributed by atoms with Gasteiger partial charge in [0.2, 0.25) is 0 Å². The topological polar surface area (TPSA) is 59.7 Å². The van der Waals surface area contributed by atoms with Crippen LogP contribution in [-0.2, 0) is 13.1 Å². The Kier molecular flexibility index (Phi) is 2.28. The second-order valence-corrected chi connectivity index (χ2v) is 5.47. The molecule has 7 heteroatoms. The Morgan fingerprint density at radius 3 is 3.11 bits per heavy atom. The molecule has 0 saturated heterocycles. The van der Waals surface area contributed by atoms with Crippen molar-refractivity contribution in [3.8, 4) is 0 Å². The van der Waals surface area contributed by atoms with Gasteiger partial charge >= 0.3 is 0 Å². The lowest BCUT2D eigenvalue weighted by molar-refractivity contribution is 0.548. The first-order valence-corrected chi connectivity index (χ1v) is 7.03. The molecule has 4 heterocycles. The molecule has 0 unspecified atom stereocenters. The number of thiophene rings is 1. The Labute approximate surface area is 113 Å². The largest absolute Gasteiger partial charge is 0.347 e. The first-order chi connectivity index (χ1) is 9.33. The fourth-order valence-corrected chi connectivity index (χ4v) is 3.24. The van der Waals surface area contributed by atoms with Gasteiger partial charge in [-0.25, -0.2) is 9.97 Å². The molecule has 0 atom stereocenters. The highest BCUT2D eigenvalue weighted by Gasteiger charge is 2.22. The smallest absolute Gasteiger partial charge is 0.152 e. The van der Waals surface area contributed by atoms with Crippen LogP contribution in [-0.4, -0.2) is 31.3 Å². The highest BCUT2D eigenvalue weighted by Crippen LogP contribution is 2.28. The highest BCUT2D eigenvalue weighted by atomic mass is 32.1. The second-order valence-electron chi connectivity index (χ2n) is 4.57. The molecule has 0 radical (unpaired) electrons. The molecule has 0 amide bonds. The Morgan fingerprint density at radius 1 is 1.21 bits per heavy atom. The van der Waals surface area contributed by atoms with Crippen molar-refractivity contribution in [1.82, 2.24) is 24.7 Å². The standard InChI is InChI=1S/C12H12N6S/c1-8-15-16-10-6-17(3-4-18(8)10)11-9-2-5-19-12(9)14-7-13-11/h2,5,7H,3-4,6H2,1H3. The zero-order valence-electron chi connectivity index (χ0n) is 10.4. The Bertz CT molecular complexity index is 746. The number of aromatic nitrogens is 5. The Morgan fingerprint density at radius 2 is 2.16 bits per heavy atom. The monoisotopic (exact) mass is 272 g/mol. The van der Waals surface area contributed by atoms with Crippen molar-refractivity contribution in [1.29, 1.82) is 0 Å². The molecule has 0 spiro atoms. The zero-order valence-corrected chi connectivity index (χ0v) is 11.3. The van der Waals surface area contributed by atoms with Crippen LogP contribution in [0.4, 0.5) is 5.82 Å². The summed E-state index contributed by atoms with van der Waals surface area (Å²) in [4.78, 5) is 12.0. The van der Waals surface area contributed by atoms with Crippen LogP contribution in [0.1, 0.15) is 11.6 Å². The summed E-state index contributed by atoms with van der Waals surface area (Å²) in [5, 5.41) is 11.5. The van der Waals surface area contributed by atoms with Crippen molar-refractivity contribution >= 4 is 27.4 Å². The molecule has 0 fully saturated rings. The molecule has 3 aromatic heterocycles. The van der Waals surface area contributed by atoms with E-state index in [-0.39, 0.29) is 0 Å². The van der Waals surface area contributed by atoms with E-state index in [9.17, 15) is 0 Å². The number of anilines is 1. The molecule has 0 aromatic carbocycles. The van der Waals surface area contributed by atoms with Crippen molar-refractivity contribution in [2.45, 2.75) is 20.0 Å². The molecular weight excluding hydrogens is 260 g/mol. The van der Waals surface area contributed by atoms with E-state index >= 15 is 0 Å². The minimum atomic E-state index is 0.753. The van der Waals surface area contributed by atoms with Crippen molar-refractivity contribution < 1.29 is 0 Å². The van der Waals surface area contributed by atoms with Gasteiger partial charge in [0, 0.05) is 13.1 Å². The van der Waals surface area contributed by atoms with Gasteiger partial charge in [-0.15, -0.1) is 21.5 Å². The lowest BCUT2D eigenvalue weighted by Crippen LogP contribution is -2.34. The van der Waals surface area contributed by atoms with E-state index in [0.717, 1.165) is 47.3 Å². The quantitative estimate of drug-likeness (QED) is 0.673. The minimum absolute atomic E-state index is 0.753. The van der Waals surface area contributed by atoms with Crippen LogP contribution < -0.4 is 4.90 Å². The number of nitrogens with zero attached hydrogens (tertiary/aromatic N) is 6. The normalized spacial score (nSPS) is 14.9. The van der Waals surface area contributed by atoms with Crippen molar-refractivity contribution in [3.63, 3.8) is 0 Å². The van der Waals surface area contributed by atoms with Gasteiger partial charge in [0.25, 0.3) is 0 Å². The van der Waals surface area contributed by atoms with Gasteiger partial charge in [0.05, 0.1) is 11.9 Å². The van der Waals surface area contributed by atoms with Crippen LogP contribution in [0.15, 0.2) is 17.8 Å². The molecule has 96 valence electrons. The summed E-state index contributed by atoms with van der Waals surface area (Å²) in [5.74, 6) is 2.99. The highest BCUT2D eigenvalue weighted by molar-refractivity contribution is 7.16. The average Bonchev–Trinajstić information content (AvgIpc) is 3.05. The molecule has 6 nitrogen and oxygen atoms in total. The van der Waals surface area contributed by atoms with Crippen molar-refractivity contribution in [2.24, 2.45) is 0 Å². The summed E-state index contributed by atoms with van der Waals surface area (Å²) in [6.07, 6.45) is 1.64. The lowest BCUT2D eigenvalue weighted by Gasteiger charge is -2.28. The van der Waals surface area contributed by atoms with Crippen LogP contribution in [0.3, 0.4) is 0 Å². The number of hydrogen-bond acceptors (Lipinski definition) is 6. The predicted octanol–water partition coefficient (Wildman–Crippen LogP) is 1.61. The van der Waals surface area contributed by atoms with Crippen LogP contribution in [0.25, 0.3) is 10.2 Å². The van der Waals surface area contributed by atoms with Crippen molar-refractivity contribution in [2.75, 3.05) is 11.4 Å². The number of rotatable bonds is 1. The van der Waals surface area contributed by atoms with Crippen LogP contribution >= 0.6 is 11.3 Å². The average molecular weight is 272 g/mol. The third-order valence-electron chi connectivity index (χ3n) is 3.48. The molecule has 0 bridgehead atoms. The molecule has 0 N–H and O–H groups in total. The summed E-state index contributed by atoms with van der Waals surface area (Å²) in [7, 11) is 0. The third-order valence-corrected chi connectivity index (χ3v) is 4.30. The maximum Gasteiger partial charge on any atom is 0.152 e. The van der Waals surface area contributed by atoms with E-state index in [0.29, 0.717) is 0 Å². The summed E-state index contributed by atoms with van der Waals surface area (Å²) < 4.78 is 2.17. The van der Waals surface area contributed by atoms with Gasteiger partial charge < -0.3 is 9.47 Å². The molecule has 19 heavy (non-hydrogen) atoms. The fourth-order valence-electron chi connectivity index (χ4n) is 2.51. The predicted molar refractivity (Wildman–Crippen MR) is 73.2 cm³/mol. The van der Waals surface area contributed by atoms with E-state index in [1.165, 1.54) is 0 Å². The van der Waals surface area contributed by atoms with Crippen LogP contribution in [0, 0.1) is 6.92 Å². The third kappa shape index (κ3) is 1.61. The number of aryl methyl sites for hydroxylation is 1. The SMILES string of the molecule is Cc1nnc2n1CCN(c1ncnc3sccc13)C2. The molecule has 1 aliphatic rings. The first kappa shape index (κ1) is 10.9. The van der Waals surface area contributed by atoms with Crippen LogP contribution in [0.2, 0.25) is 0 Å². The summed E-state index contributed by atoms with van der Waals surface area (Å²) in [6, 6.07) is 2.08. The Balaban J connectivity index is 1.76.